The van der Waals surface area contributed by atoms with Gasteiger partial charge in [0, 0.05) is 17.8 Å². The van der Waals surface area contributed by atoms with Gasteiger partial charge in [0.15, 0.2) is 17.4 Å². The number of aliphatic hydroxyl groups excluding tert-OH is 1. The van der Waals surface area contributed by atoms with Crippen LogP contribution in [0.4, 0.5) is 19.3 Å². The number of hydrogen-bond donors (Lipinski definition) is 3. The normalized spacial score (nSPS) is 12.1. The number of methoxy groups -OCH3 is 1. The third-order valence-corrected chi connectivity index (χ3v) is 2.77. The maximum atomic E-state index is 13.5. The molecule has 0 heterocycles. The Hall–Kier alpha value is -1.89. The van der Waals surface area contributed by atoms with Crippen LogP contribution in [0.25, 0.3) is 0 Å². The molecule has 0 aliphatic carbocycles. The van der Waals surface area contributed by atoms with E-state index in [1.165, 1.54) is 0 Å². The van der Waals surface area contributed by atoms with Crippen molar-refractivity contribution in [3.8, 4) is 5.75 Å². The maximum absolute atomic E-state index is 13.5. The van der Waals surface area contributed by atoms with Crippen LogP contribution < -0.4 is 15.4 Å². The van der Waals surface area contributed by atoms with Crippen LogP contribution >= 0.6 is 0 Å². The van der Waals surface area contributed by atoms with Gasteiger partial charge in [0.1, 0.15) is 0 Å². The van der Waals surface area contributed by atoms with Crippen molar-refractivity contribution in [1.29, 1.82) is 0 Å². The van der Waals surface area contributed by atoms with E-state index < -0.39 is 29.5 Å². The van der Waals surface area contributed by atoms with Gasteiger partial charge in [0.25, 0.3) is 0 Å². The molecule has 0 aliphatic heterocycles. The minimum Gasteiger partial charge on any atom is -0.491 e. The summed E-state index contributed by atoms with van der Waals surface area (Å²) >= 11 is 0. The van der Waals surface area contributed by atoms with Crippen LogP contribution in [0, 0.1) is 17.6 Å². The van der Waals surface area contributed by atoms with Gasteiger partial charge >= 0.3 is 6.03 Å². The summed E-state index contributed by atoms with van der Waals surface area (Å²) in [5.41, 5.74) is -0.0375. The van der Waals surface area contributed by atoms with Crippen LogP contribution in [0.5, 0.6) is 5.75 Å². The van der Waals surface area contributed by atoms with Crippen LogP contribution in [-0.2, 0) is 0 Å². The third-order valence-electron chi connectivity index (χ3n) is 2.77. The SMILES string of the molecule is COc1c(F)cc(NC(=O)N[C@@H](CO)CC(C)C)cc1F. The second-order valence-electron chi connectivity index (χ2n) is 5.08. The lowest BCUT2D eigenvalue weighted by Crippen LogP contribution is -2.41. The summed E-state index contributed by atoms with van der Waals surface area (Å²) in [4.78, 5) is 11.7. The number of halogens is 2. The first-order chi connectivity index (χ1) is 9.87. The predicted octanol–water partition coefficient (Wildman–Crippen LogP) is 2.50. The molecule has 0 aliphatic rings. The Labute approximate surface area is 122 Å². The van der Waals surface area contributed by atoms with Crippen molar-refractivity contribution in [1.82, 2.24) is 5.32 Å². The lowest BCUT2D eigenvalue weighted by Gasteiger charge is -2.18. The van der Waals surface area contributed by atoms with Crippen molar-refractivity contribution in [3.63, 3.8) is 0 Å². The molecule has 118 valence electrons. The molecule has 0 fully saturated rings. The number of anilines is 1. The summed E-state index contributed by atoms with van der Waals surface area (Å²) in [6.45, 7) is 3.70. The van der Waals surface area contributed by atoms with Gasteiger partial charge in [-0.2, -0.15) is 0 Å². The molecule has 1 rings (SSSR count). The molecular weight excluding hydrogens is 282 g/mol. The molecule has 0 unspecified atom stereocenters. The molecule has 3 N–H and O–H groups in total. The summed E-state index contributed by atoms with van der Waals surface area (Å²) < 4.78 is 31.5. The standard InChI is InChI=1S/C14H20F2N2O3/c1-8(2)4-10(7-19)18-14(20)17-9-5-11(15)13(21-3)12(16)6-9/h5-6,8,10,19H,4,7H2,1-3H3,(H2,17,18,20)/t10-/m1/s1. The molecule has 1 aromatic carbocycles. The van der Waals surface area contributed by atoms with Gasteiger partial charge < -0.3 is 20.5 Å². The Kier molecular flexibility index (Phi) is 6.36. The van der Waals surface area contributed by atoms with Gasteiger partial charge in [-0.1, -0.05) is 13.8 Å². The van der Waals surface area contributed by atoms with E-state index in [0.717, 1.165) is 19.2 Å². The molecule has 0 spiro atoms. The molecule has 7 heteroatoms. The topological polar surface area (TPSA) is 70.6 Å². The van der Waals surface area contributed by atoms with E-state index >= 15 is 0 Å². The van der Waals surface area contributed by atoms with Gasteiger partial charge in [0.2, 0.25) is 0 Å². The summed E-state index contributed by atoms with van der Waals surface area (Å²) in [6, 6.07) is 0.854. The largest absolute Gasteiger partial charge is 0.491 e. The molecule has 0 bridgehead atoms. The van der Waals surface area contributed by atoms with E-state index in [9.17, 15) is 13.6 Å². The highest BCUT2D eigenvalue weighted by Gasteiger charge is 2.15. The number of amides is 2. The molecule has 0 aromatic heterocycles. The van der Waals surface area contributed by atoms with Crippen LogP contribution in [0.3, 0.4) is 0 Å². The lowest BCUT2D eigenvalue weighted by molar-refractivity contribution is 0.214. The summed E-state index contributed by atoms with van der Waals surface area (Å²) in [6.07, 6.45) is 0.593. The number of rotatable bonds is 6. The van der Waals surface area contributed by atoms with Gasteiger partial charge in [-0.25, -0.2) is 13.6 Å². The van der Waals surface area contributed by atoms with E-state index in [0.29, 0.717) is 12.3 Å². The zero-order valence-corrected chi connectivity index (χ0v) is 12.2. The van der Waals surface area contributed by atoms with E-state index in [4.69, 9.17) is 5.11 Å². The number of ether oxygens (including phenoxy) is 1. The first-order valence-electron chi connectivity index (χ1n) is 6.58. The van der Waals surface area contributed by atoms with Gasteiger partial charge in [-0.05, 0) is 12.3 Å². The van der Waals surface area contributed by atoms with E-state index in [1.54, 1.807) is 0 Å². The highest BCUT2D eigenvalue weighted by atomic mass is 19.1. The second kappa shape index (κ2) is 7.78. The van der Waals surface area contributed by atoms with Crippen molar-refractivity contribution < 1.29 is 23.4 Å². The monoisotopic (exact) mass is 302 g/mol. The number of benzene rings is 1. The molecule has 21 heavy (non-hydrogen) atoms. The number of nitrogens with one attached hydrogen (secondary N) is 2. The Morgan fingerprint density at radius 1 is 1.33 bits per heavy atom. The molecule has 0 radical (unpaired) electrons. The third kappa shape index (κ3) is 5.18. The average molecular weight is 302 g/mol. The Morgan fingerprint density at radius 3 is 2.33 bits per heavy atom. The smallest absolute Gasteiger partial charge is 0.319 e. The maximum Gasteiger partial charge on any atom is 0.319 e. The molecular formula is C14H20F2N2O3. The number of aliphatic hydroxyl groups is 1. The molecule has 0 saturated carbocycles. The van der Waals surface area contributed by atoms with Crippen LogP contribution in [0.1, 0.15) is 20.3 Å². The van der Waals surface area contributed by atoms with Crippen molar-refractivity contribution in [2.45, 2.75) is 26.3 Å². The van der Waals surface area contributed by atoms with Crippen molar-refractivity contribution in [2.75, 3.05) is 19.0 Å². The van der Waals surface area contributed by atoms with Crippen LogP contribution in [-0.4, -0.2) is 30.9 Å². The number of hydrogen-bond acceptors (Lipinski definition) is 3. The van der Waals surface area contributed by atoms with Crippen molar-refractivity contribution in [2.24, 2.45) is 5.92 Å². The molecule has 0 saturated heterocycles. The fraction of sp³-hybridized carbons (Fsp3) is 0.500. The Bertz CT molecular complexity index is 472. The van der Waals surface area contributed by atoms with Crippen molar-refractivity contribution >= 4 is 11.7 Å². The highest BCUT2D eigenvalue weighted by molar-refractivity contribution is 5.89. The minimum atomic E-state index is -0.909. The Morgan fingerprint density at radius 2 is 1.90 bits per heavy atom. The number of carbonyl (C=O) groups excluding carboxylic acids is 1. The highest BCUT2D eigenvalue weighted by Crippen LogP contribution is 2.25. The molecule has 1 aromatic rings. The number of carbonyl (C=O) groups is 1. The summed E-state index contributed by atoms with van der Waals surface area (Å²) in [7, 11) is 1.15. The van der Waals surface area contributed by atoms with Gasteiger partial charge in [-0.15, -0.1) is 0 Å². The summed E-state index contributed by atoms with van der Waals surface area (Å²) in [5, 5.41) is 14.0. The number of urea groups is 1. The fourth-order valence-electron chi connectivity index (χ4n) is 1.93. The summed E-state index contributed by atoms with van der Waals surface area (Å²) in [5.74, 6) is -2.03. The van der Waals surface area contributed by atoms with E-state index in [2.05, 4.69) is 15.4 Å². The molecule has 1 atom stereocenters. The average Bonchev–Trinajstić information content (AvgIpc) is 2.36. The quantitative estimate of drug-likeness (QED) is 0.756. The van der Waals surface area contributed by atoms with Gasteiger partial charge in [-0.3, -0.25) is 0 Å². The van der Waals surface area contributed by atoms with Crippen molar-refractivity contribution in [3.05, 3.63) is 23.8 Å². The fourth-order valence-corrected chi connectivity index (χ4v) is 1.93. The minimum absolute atomic E-state index is 0.0375. The molecule has 2 amide bonds. The first-order valence-corrected chi connectivity index (χ1v) is 6.58. The second-order valence-corrected chi connectivity index (χ2v) is 5.08. The Balaban J connectivity index is 2.70. The van der Waals surface area contributed by atoms with Gasteiger partial charge in [0.05, 0.1) is 19.8 Å². The molecule has 5 nitrogen and oxygen atoms in total. The van der Waals surface area contributed by atoms with Crippen LogP contribution in [0.2, 0.25) is 0 Å². The zero-order chi connectivity index (χ0) is 16.0. The lowest BCUT2D eigenvalue weighted by atomic mass is 10.0. The van der Waals surface area contributed by atoms with E-state index in [-0.39, 0.29) is 12.3 Å². The predicted molar refractivity (Wildman–Crippen MR) is 75.4 cm³/mol. The zero-order valence-electron chi connectivity index (χ0n) is 12.2. The first kappa shape index (κ1) is 17.2. The van der Waals surface area contributed by atoms with E-state index in [1.807, 2.05) is 13.8 Å². The van der Waals surface area contributed by atoms with Crippen LogP contribution in [0.15, 0.2) is 12.1 Å².